The van der Waals surface area contributed by atoms with E-state index < -0.39 is 0 Å². The number of benzene rings is 3. The third kappa shape index (κ3) is 3.31. The van der Waals surface area contributed by atoms with Gasteiger partial charge in [0.25, 0.3) is 0 Å². The van der Waals surface area contributed by atoms with Gasteiger partial charge in [-0.15, -0.1) is 0 Å². The minimum absolute atomic E-state index is 0.450. The highest BCUT2D eigenvalue weighted by Gasteiger charge is 2.09. The van der Waals surface area contributed by atoms with Gasteiger partial charge in [0.1, 0.15) is 18.4 Å². The van der Waals surface area contributed by atoms with E-state index in [4.69, 9.17) is 4.74 Å². The molecular weight excluding hydrogens is 294 g/mol. The average Bonchev–Trinajstić information content (AvgIpc) is 2.63. The monoisotopic (exact) mass is 313 g/mol. The van der Waals surface area contributed by atoms with Gasteiger partial charge in [-0.05, 0) is 53.8 Å². The molecule has 0 spiro atoms. The van der Waals surface area contributed by atoms with Gasteiger partial charge in [0.2, 0.25) is 0 Å². The summed E-state index contributed by atoms with van der Waals surface area (Å²) in [6, 6.07) is 24.2. The fourth-order valence-corrected chi connectivity index (χ4v) is 2.70. The second-order valence-corrected chi connectivity index (χ2v) is 5.84. The number of nitrogens with zero attached hydrogens (tertiary/aromatic N) is 1. The Morgan fingerprint density at radius 2 is 1.71 bits per heavy atom. The van der Waals surface area contributed by atoms with Crippen molar-refractivity contribution < 1.29 is 4.74 Å². The molecule has 3 aromatic carbocycles. The van der Waals surface area contributed by atoms with Crippen LogP contribution in [0, 0.1) is 25.2 Å². The summed E-state index contributed by atoms with van der Waals surface area (Å²) in [7, 11) is 0. The normalized spacial score (nSPS) is 10.2. The van der Waals surface area contributed by atoms with Crippen molar-refractivity contribution in [1.29, 1.82) is 5.26 Å². The first-order chi connectivity index (χ1) is 11.7. The third-order valence-corrected chi connectivity index (χ3v) is 4.25. The van der Waals surface area contributed by atoms with E-state index in [1.807, 2.05) is 48.5 Å². The van der Waals surface area contributed by atoms with E-state index in [-0.39, 0.29) is 0 Å². The summed E-state index contributed by atoms with van der Waals surface area (Å²) >= 11 is 0. The van der Waals surface area contributed by atoms with Crippen molar-refractivity contribution in [2.75, 3.05) is 0 Å². The summed E-state index contributed by atoms with van der Waals surface area (Å²) in [5.41, 5.74) is 6.38. The Morgan fingerprint density at radius 1 is 0.917 bits per heavy atom. The van der Waals surface area contributed by atoms with E-state index in [9.17, 15) is 5.26 Å². The molecular formula is C22H19NO. The molecule has 2 nitrogen and oxygen atoms in total. The van der Waals surface area contributed by atoms with Crippen LogP contribution in [-0.4, -0.2) is 0 Å². The highest BCUT2D eigenvalue weighted by atomic mass is 16.5. The number of nitriles is 1. The van der Waals surface area contributed by atoms with E-state index in [0.717, 1.165) is 11.1 Å². The van der Waals surface area contributed by atoms with Gasteiger partial charge in [-0.2, -0.15) is 5.26 Å². The lowest BCUT2D eigenvalue weighted by molar-refractivity contribution is 0.305. The zero-order chi connectivity index (χ0) is 16.9. The standard InChI is InChI=1S/C22H19NO/c1-16-7-6-10-21(17(16)2)19-11-12-20(14-23)22(13-19)24-15-18-8-4-3-5-9-18/h3-13H,15H2,1-2H3. The van der Waals surface area contributed by atoms with Crippen molar-refractivity contribution in [2.45, 2.75) is 20.5 Å². The third-order valence-electron chi connectivity index (χ3n) is 4.25. The van der Waals surface area contributed by atoms with Crippen molar-refractivity contribution in [3.8, 4) is 22.9 Å². The first kappa shape index (κ1) is 15.8. The van der Waals surface area contributed by atoms with Crippen LogP contribution in [0.3, 0.4) is 0 Å². The van der Waals surface area contributed by atoms with Gasteiger partial charge in [0, 0.05) is 0 Å². The molecule has 0 saturated carbocycles. The van der Waals surface area contributed by atoms with Crippen LogP contribution in [0.15, 0.2) is 66.7 Å². The Hall–Kier alpha value is -3.05. The molecule has 2 heteroatoms. The molecule has 0 bridgehead atoms. The van der Waals surface area contributed by atoms with Crippen LogP contribution in [0.1, 0.15) is 22.3 Å². The summed E-state index contributed by atoms with van der Waals surface area (Å²) in [6.45, 7) is 4.68. The van der Waals surface area contributed by atoms with E-state index >= 15 is 0 Å². The highest BCUT2D eigenvalue weighted by Crippen LogP contribution is 2.30. The van der Waals surface area contributed by atoms with Crippen LogP contribution in [0.4, 0.5) is 0 Å². The quantitative estimate of drug-likeness (QED) is 0.644. The van der Waals surface area contributed by atoms with Crippen LogP contribution in [-0.2, 0) is 6.61 Å². The molecule has 0 aliphatic heterocycles. The molecule has 0 aliphatic rings. The SMILES string of the molecule is Cc1cccc(-c2ccc(C#N)c(OCc3ccccc3)c2)c1C. The molecule has 0 fully saturated rings. The molecule has 0 radical (unpaired) electrons. The number of aryl methyl sites for hydroxylation is 1. The number of hydrogen-bond acceptors (Lipinski definition) is 2. The van der Waals surface area contributed by atoms with E-state index in [1.54, 1.807) is 0 Å². The lowest BCUT2D eigenvalue weighted by atomic mass is 9.96. The predicted octanol–water partition coefficient (Wildman–Crippen LogP) is 5.42. The molecule has 0 heterocycles. The topological polar surface area (TPSA) is 33.0 Å². The summed E-state index contributed by atoms with van der Waals surface area (Å²) in [5.74, 6) is 0.625. The number of hydrogen-bond donors (Lipinski definition) is 0. The fraction of sp³-hybridized carbons (Fsp3) is 0.136. The molecule has 0 aliphatic carbocycles. The van der Waals surface area contributed by atoms with E-state index in [0.29, 0.717) is 17.9 Å². The Bertz CT molecular complexity index is 892. The molecule has 0 unspecified atom stereocenters. The number of rotatable bonds is 4. The van der Waals surface area contributed by atoms with Crippen molar-refractivity contribution in [3.63, 3.8) is 0 Å². The number of ether oxygens (including phenoxy) is 1. The maximum absolute atomic E-state index is 9.35. The Balaban J connectivity index is 1.94. The average molecular weight is 313 g/mol. The first-order valence-electron chi connectivity index (χ1n) is 7.96. The zero-order valence-corrected chi connectivity index (χ0v) is 13.9. The van der Waals surface area contributed by atoms with Crippen LogP contribution in [0.2, 0.25) is 0 Å². The molecule has 0 aromatic heterocycles. The second-order valence-electron chi connectivity index (χ2n) is 5.84. The lowest BCUT2D eigenvalue weighted by Gasteiger charge is -2.12. The molecule has 0 atom stereocenters. The summed E-state index contributed by atoms with van der Waals surface area (Å²) < 4.78 is 5.92. The van der Waals surface area contributed by atoms with Crippen molar-refractivity contribution in [2.24, 2.45) is 0 Å². The largest absolute Gasteiger partial charge is 0.488 e. The van der Waals surface area contributed by atoms with Gasteiger partial charge in [-0.25, -0.2) is 0 Å². The van der Waals surface area contributed by atoms with Gasteiger partial charge in [0.15, 0.2) is 0 Å². The summed E-state index contributed by atoms with van der Waals surface area (Å²) in [4.78, 5) is 0. The van der Waals surface area contributed by atoms with Gasteiger partial charge in [-0.3, -0.25) is 0 Å². The van der Waals surface area contributed by atoms with Crippen molar-refractivity contribution in [3.05, 3.63) is 89.0 Å². The maximum Gasteiger partial charge on any atom is 0.138 e. The highest BCUT2D eigenvalue weighted by molar-refractivity contribution is 5.71. The zero-order valence-electron chi connectivity index (χ0n) is 13.9. The first-order valence-corrected chi connectivity index (χ1v) is 7.96. The van der Waals surface area contributed by atoms with Gasteiger partial charge < -0.3 is 4.74 Å². The molecule has 3 aromatic rings. The summed E-state index contributed by atoms with van der Waals surface area (Å²) in [6.07, 6.45) is 0. The summed E-state index contributed by atoms with van der Waals surface area (Å²) in [5, 5.41) is 9.35. The Morgan fingerprint density at radius 3 is 2.46 bits per heavy atom. The minimum Gasteiger partial charge on any atom is -0.488 e. The van der Waals surface area contributed by atoms with Gasteiger partial charge in [0.05, 0.1) is 5.56 Å². The molecule has 24 heavy (non-hydrogen) atoms. The minimum atomic E-state index is 0.450. The van der Waals surface area contributed by atoms with E-state index in [2.05, 4.69) is 38.1 Å². The molecule has 118 valence electrons. The van der Waals surface area contributed by atoms with Crippen LogP contribution in [0.25, 0.3) is 11.1 Å². The molecule has 0 saturated heterocycles. The van der Waals surface area contributed by atoms with Crippen molar-refractivity contribution >= 4 is 0 Å². The second kappa shape index (κ2) is 7.02. The molecule has 0 N–H and O–H groups in total. The Labute approximate surface area is 143 Å². The van der Waals surface area contributed by atoms with Gasteiger partial charge in [-0.1, -0.05) is 54.6 Å². The van der Waals surface area contributed by atoms with E-state index in [1.165, 1.54) is 16.7 Å². The van der Waals surface area contributed by atoms with Crippen molar-refractivity contribution in [1.82, 2.24) is 0 Å². The maximum atomic E-state index is 9.35. The van der Waals surface area contributed by atoms with Crippen LogP contribution < -0.4 is 4.74 Å². The fourth-order valence-electron chi connectivity index (χ4n) is 2.70. The lowest BCUT2D eigenvalue weighted by Crippen LogP contribution is -1.98. The Kier molecular flexibility index (Phi) is 4.63. The van der Waals surface area contributed by atoms with Crippen LogP contribution in [0.5, 0.6) is 5.75 Å². The molecule has 0 amide bonds. The predicted molar refractivity (Wildman–Crippen MR) is 96.8 cm³/mol. The smallest absolute Gasteiger partial charge is 0.138 e. The van der Waals surface area contributed by atoms with Gasteiger partial charge >= 0.3 is 0 Å². The molecule has 3 rings (SSSR count). The van der Waals surface area contributed by atoms with Crippen LogP contribution >= 0.6 is 0 Å².